The van der Waals surface area contributed by atoms with Crippen molar-refractivity contribution >= 4 is 11.6 Å². The summed E-state index contributed by atoms with van der Waals surface area (Å²) in [5, 5.41) is 10.3. The Bertz CT molecular complexity index is 492. The fraction of sp³-hybridized carbons (Fsp3) is 0.0769. The second-order valence-corrected chi connectivity index (χ2v) is 3.83. The first-order valence-electron chi connectivity index (χ1n) is 4.83. The molecule has 2 nitrogen and oxygen atoms in total. The van der Waals surface area contributed by atoms with Crippen LogP contribution in [0.2, 0.25) is 5.02 Å². The highest BCUT2D eigenvalue weighted by Crippen LogP contribution is 2.32. The Morgan fingerprint density at radius 2 is 1.75 bits per heavy atom. The average molecular weight is 235 g/mol. The van der Waals surface area contributed by atoms with Crippen LogP contribution in [0.5, 0.6) is 11.5 Å². The molecule has 2 rings (SSSR count). The summed E-state index contributed by atoms with van der Waals surface area (Å²) in [6, 6.07) is 12.6. The molecule has 0 aliphatic carbocycles. The summed E-state index contributed by atoms with van der Waals surface area (Å²) in [7, 11) is 1.62. The quantitative estimate of drug-likeness (QED) is 0.858. The highest BCUT2D eigenvalue weighted by atomic mass is 35.5. The third-order valence-electron chi connectivity index (χ3n) is 2.36. The minimum atomic E-state index is 0.178. The number of hydrogen-bond donors (Lipinski definition) is 1. The first kappa shape index (κ1) is 10.8. The van der Waals surface area contributed by atoms with Crippen LogP contribution in [-0.2, 0) is 0 Å². The van der Waals surface area contributed by atoms with Crippen molar-refractivity contribution in [3.63, 3.8) is 0 Å². The van der Waals surface area contributed by atoms with E-state index in [9.17, 15) is 5.11 Å². The van der Waals surface area contributed by atoms with Gasteiger partial charge in [-0.25, -0.2) is 0 Å². The zero-order chi connectivity index (χ0) is 11.5. The van der Waals surface area contributed by atoms with Crippen molar-refractivity contribution in [1.82, 2.24) is 0 Å². The molecule has 0 radical (unpaired) electrons. The second-order valence-electron chi connectivity index (χ2n) is 3.39. The number of halogens is 1. The number of aromatic hydroxyl groups is 1. The Kier molecular flexibility index (Phi) is 3.02. The van der Waals surface area contributed by atoms with Crippen molar-refractivity contribution in [2.24, 2.45) is 0 Å². The van der Waals surface area contributed by atoms with Gasteiger partial charge in [-0.05, 0) is 35.9 Å². The van der Waals surface area contributed by atoms with Crippen LogP contribution in [0.4, 0.5) is 0 Å². The highest BCUT2D eigenvalue weighted by molar-refractivity contribution is 6.30. The summed E-state index contributed by atoms with van der Waals surface area (Å²) < 4.78 is 5.07. The van der Waals surface area contributed by atoms with Gasteiger partial charge in [-0.2, -0.15) is 0 Å². The lowest BCUT2D eigenvalue weighted by molar-refractivity contribution is 0.415. The molecule has 0 atom stereocenters. The lowest BCUT2D eigenvalue weighted by Crippen LogP contribution is -1.83. The van der Waals surface area contributed by atoms with E-state index in [2.05, 4.69) is 0 Å². The summed E-state index contributed by atoms with van der Waals surface area (Å²) in [4.78, 5) is 0. The van der Waals surface area contributed by atoms with Crippen LogP contribution >= 0.6 is 11.6 Å². The van der Waals surface area contributed by atoms with E-state index in [1.54, 1.807) is 19.2 Å². The van der Waals surface area contributed by atoms with Gasteiger partial charge in [0, 0.05) is 10.6 Å². The number of benzene rings is 2. The van der Waals surface area contributed by atoms with Gasteiger partial charge in [-0.15, -0.1) is 0 Å². The van der Waals surface area contributed by atoms with E-state index in [-0.39, 0.29) is 5.75 Å². The molecular weight excluding hydrogens is 224 g/mol. The predicted molar refractivity (Wildman–Crippen MR) is 65.1 cm³/mol. The van der Waals surface area contributed by atoms with Gasteiger partial charge in [0.1, 0.15) is 11.5 Å². The van der Waals surface area contributed by atoms with Gasteiger partial charge in [-0.3, -0.25) is 0 Å². The monoisotopic (exact) mass is 234 g/mol. The zero-order valence-electron chi connectivity index (χ0n) is 8.77. The molecule has 0 fully saturated rings. The summed E-state index contributed by atoms with van der Waals surface area (Å²) in [6.45, 7) is 0. The molecule has 2 aromatic carbocycles. The van der Waals surface area contributed by atoms with Crippen LogP contribution in [0.15, 0.2) is 42.5 Å². The molecule has 0 saturated heterocycles. The average Bonchev–Trinajstić information content (AvgIpc) is 2.29. The van der Waals surface area contributed by atoms with E-state index < -0.39 is 0 Å². The lowest BCUT2D eigenvalue weighted by atomic mass is 10.0. The molecule has 0 spiro atoms. The van der Waals surface area contributed by atoms with Gasteiger partial charge in [0.25, 0.3) is 0 Å². The standard InChI is InChI=1S/C13H11ClO2/c1-16-11-5-2-9(3-6-11)12-7-4-10(14)8-13(12)15/h2-8,15H,1H3. The number of hydrogen-bond acceptors (Lipinski definition) is 2. The molecule has 0 unspecified atom stereocenters. The largest absolute Gasteiger partial charge is 0.507 e. The molecule has 0 aliphatic heterocycles. The Balaban J connectivity index is 2.42. The van der Waals surface area contributed by atoms with Crippen molar-refractivity contribution in [3.8, 4) is 22.6 Å². The van der Waals surface area contributed by atoms with E-state index in [1.165, 1.54) is 6.07 Å². The minimum absolute atomic E-state index is 0.178. The van der Waals surface area contributed by atoms with E-state index in [0.717, 1.165) is 16.9 Å². The third-order valence-corrected chi connectivity index (χ3v) is 2.60. The highest BCUT2D eigenvalue weighted by Gasteiger charge is 2.04. The van der Waals surface area contributed by atoms with Gasteiger partial charge in [-0.1, -0.05) is 23.7 Å². The molecule has 1 N–H and O–H groups in total. The molecule has 0 aromatic heterocycles. The number of ether oxygens (including phenoxy) is 1. The lowest BCUT2D eigenvalue weighted by Gasteiger charge is -2.06. The Hall–Kier alpha value is -1.67. The predicted octanol–water partition coefficient (Wildman–Crippen LogP) is 3.72. The van der Waals surface area contributed by atoms with Crippen LogP contribution in [-0.4, -0.2) is 12.2 Å². The topological polar surface area (TPSA) is 29.5 Å². The van der Waals surface area contributed by atoms with Crippen molar-refractivity contribution < 1.29 is 9.84 Å². The number of methoxy groups -OCH3 is 1. The molecule has 0 heterocycles. The maximum Gasteiger partial charge on any atom is 0.124 e. The van der Waals surface area contributed by atoms with Gasteiger partial charge < -0.3 is 9.84 Å². The van der Waals surface area contributed by atoms with Crippen molar-refractivity contribution in [3.05, 3.63) is 47.5 Å². The maximum absolute atomic E-state index is 9.76. The van der Waals surface area contributed by atoms with Crippen molar-refractivity contribution in [2.75, 3.05) is 7.11 Å². The Labute approximate surface area is 99.1 Å². The Morgan fingerprint density at radius 1 is 1.06 bits per heavy atom. The fourth-order valence-corrected chi connectivity index (χ4v) is 1.69. The maximum atomic E-state index is 9.76. The molecular formula is C13H11ClO2. The van der Waals surface area contributed by atoms with Crippen LogP contribution < -0.4 is 4.74 Å². The zero-order valence-corrected chi connectivity index (χ0v) is 9.53. The second kappa shape index (κ2) is 4.45. The molecule has 16 heavy (non-hydrogen) atoms. The van der Waals surface area contributed by atoms with Crippen molar-refractivity contribution in [1.29, 1.82) is 0 Å². The normalized spacial score (nSPS) is 10.1. The SMILES string of the molecule is COc1ccc(-c2ccc(Cl)cc2O)cc1. The third kappa shape index (κ3) is 2.12. The summed E-state index contributed by atoms with van der Waals surface area (Å²) in [6.07, 6.45) is 0. The smallest absolute Gasteiger partial charge is 0.124 e. The van der Waals surface area contributed by atoms with Crippen LogP contribution in [0.25, 0.3) is 11.1 Å². The van der Waals surface area contributed by atoms with Crippen LogP contribution in [0.1, 0.15) is 0 Å². The van der Waals surface area contributed by atoms with Gasteiger partial charge >= 0.3 is 0 Å². The molecule has 2 aromatic rings. The summed E-state index contributed by atoms with van der Waals surface area (Å²) >= 11 is 5.77. The van der Waals surface area contributed by atoms with Crippen LogP contribution in [0, 0.1) is 0 Å². The molecule has 82 valence electrons. The van der Waals surface area contributed by atoms with E-state index in [0.29, 0.717) is 5.02 Å². The van der Waals surface area contributed by atoms with Gasteiger partial charge in [0.2, 0.25) is 0 Å². The van der Waals surface area contributed by atoms with Gasteiger partial charge in [0.05, 0.1) is 7.11 Å². The molecule has 3 heteroatoms. The van der Waals surface area contributed by atoms with Crippen molar-refractivity contribution in [2.45, 2.75) is 0 Å². The van der Waals surface area contributed by atoms with Gasteiger partial charge in [0.15, 0.2) is 0 Å². The minimum Gasteiger partial charge on any atom is -0.507 e. The molecule has 0 aliphatic rings. The molecule has 0 amide bonds. The fourth-order valence-electron chi connectivity index (χ4n) is 1.52. The summed E-state index contributed by atoms with van der Waals surface area (Å²) in [5.41, 5.74) is 1.68. The first-order chi connectivity index (χ1) is 7.70. The molecule has 0 saturated carbocycles. The summed E-state index contributed by atoms with van der Waals surface area (Å²) in [5.74, 6) is 0.967. The van der Waals surface area contributed by atoms with E-state index >= 15 is 0 Å². The number of phenols is 1. The number of rotatable bonds is 2. The van der Waals surface area contributed by atoms with E-state index in [4.69, 9.17) is 16.3 Å². The number of phenolic OH excluding ortho intramolecular Hbond substituents is 1. The molecule has 0 bridgehead atoms. The van der Waals surface area contributed by atoms with E-state index in [1.807, 2.05) is 24.3 Å². The van der Waals surface area contributed by atoms with Crippen LogP contribution in [0.3, 0.4) is 0 Å². The Morgan fingerprint density at radius 3 is 2.31 bits per heavy atom. The first-order valence-corrected chi connectivity index (χ1v) is 5.21.